The number of para-hydroxylation sites is 1. The van der Waals surface area contributed by atoms with Crippen LogP contribution in [0.2, 0.25) is 0 Å². The number of piperazine rings is 1. The zero-order valence-electron chi connectivity index (χ0n) is 20.2. The van der Waals surface area contributed by atoms with Crippen LogP contribution in [0.25, 0.3) is 0 Å². The minimum Gasteiger partial charge on any atom is -0.369 e. The Hall–Kier alpha value is -3.11. The summed E-state index contributed by atoms with van der Waals surface area (Å²) in [6.45, 7) is 7.81. The first kappa shape index (κ1) is 22.7. The molecule has 0 spiro atoms. The van der Waals surface area contributed by atoms with E-state index in [2.05, 4.69) is 65.3 Å². The molecule has 4 heteroatoms. The maximum absolute atomic E-state index is 12.6. The molecular formula is C30H35N3O. The summed E-state index contributed by atoms with van der Waals surface area (Å²) in [5, 5.41) is 0. The summed E-state index contributed by atoms with van der Waals surface area (Å²) in [5.74, 6) is 0.225. The van der Waals surface area contributed by atoms with Crippen LogP contribution in [0.5, 0.6) is 0 Å². The Morgan fingerprint density at radius 3 is 2.29 bits per heavy atom. The van der Waals surface area contributed by atoms with E-state index >= 15 is 0 Å². The first-order valence-corrected chi connectivity index (χ1v) is 12.7. The number of hydrogen-bond acceptors (Lipinski definition) is 3. The lowest BCUT2D eigenvalue weighted by Gasteiger charge is -2.36. The maximum atomic E-state index is 12.6. The topological polar surface area (TPSA) is 26.8 Å². The molecule has 2 aliphatic rings. The lowest BCUT2D eigenvalue weighted by atomic mass is 10.0. The van der Waals surface area contributed by atoms with Gasteiger partial charge in [0.25, 0.3) is 0 Å². The van der Waals surface area contributed by atoms with Gasteiger partial charge in [0.15, 0.2) is 0 Å². The van der Waals surface area contributed by atoms with Gasteiger partial charge in [-0.15, -0.1) is 0 Å². The highest BCUT2D eigenvalue weighted by Crippen LogP contribution is 2.36. The van der Waals surface area contributed by atoms with E-state index in [1.807, 2.05) is 35.2 Å². The van der Waals surface area contributed by atoms with E-state index in [-0.39, 0.29) is 11.9 Å². The molecule has 2 fully saturated rings. The molecule has 5 rings (SSSR count). The normalized spacial score (nSPS) is 19.1. The number of amides is 1. The summed E-state index contributed by atoms with van der Waals surface area (Å²) in [7, 11) is 0. The Bertz CT molecular complexity index is 1090. The van der Waals surface area contributed by atoms with Crippen molar-refractivity contribution in [3.8, 4) is 0 Å². The summed E-state index contributed by atoms with van der Waals surface area (Å²) in [6, 6.07) is 28.0. The van der Waals surface area contributed by atoms with Crippen molar-refractivity contribution in [3.05, 3.63) is 95.6 Å². The second kappa shape index (κ2) is 10.4. The zero-order chi connectivity index (χ0) is 23.3. The van der Waals surface area contributed by atoms with E-state index in [1.54, 1.807) is 0 Å². The number of benzene rings is 3. The van der Waals surface area contributed by atoms with Gasteiger partial charge >= 0.3 is 0 Å². The van der Waals surface area contributed by atoms with E-state index in [0.717, 1.165) is 51.3 Å². The number of aryl methyl sites for hydroxylation is 2. The second-order valence-corrected chi connectivity index (χ2v) is 9.67. The van der Waals surface area contributed by atoms with Crippen molar-refractivity contribution in [2.24, 2.45) is 0 Å². The quantitative estimate of drug-likeness (QED) is 0.465. The van der Waals surface area contributed by atoms with E-state index in [0.29, 0.717) is 6.42 Å². The van der Waals surface area contributed by atoms with E-state index in [4.69, 9.17) is 0 Å². The molecule has 1 amide bonds. The lowest BCUT2D eigenvalue weighted by Crippen LogP contribution is -2.46. The molecule has 0 N–H and O–H groups in total. The van der Waals surface area contributed by atoms with Crippen molar-refractivity contribution >= 4 is 17.3 Å². The molecule has 3 aromatic carbocycles. The fraction of sp³-hybridized carbons (Fsp3) is 0.367. The molecule has 0 aliphatic carbocycles. The highest BCUT2D eigenvalue weighted by Gasteiger charge is 2.33. The molecule has 4 nitrogen and oxygen atoms in total. The van der Waals surface area contributed by atoms with Crippen molar-refractivity contribution in [1.82, 2.24) is 4.90 Å². The van der Waals surface area contributed by atoms with Gasteiger partial charge in [0.2, 0.25) is 5.91 Å². The lowest BCUT2D eigenvalue weighted by molar-refractivity contribution is -0.117. The number of anilines is 2. The van der Waals surface area contributed by atoms with Crippen LogP contribution in [0, 0.1) is 6.92 Å². The molecular weight excluding hydrogens is 418 g/mol. The highest BCUT2D eigenvalue weighted by molar-refractivity contribution is 5.96. The molecule has 34 heavy (non-hydrogen) atoms. The molecule has 176 valence electrons. The average Bonchev–Trinajstić information content (AvgIpc) is 3.27. The third-order valence-corrected chi connectivity index (χ3v) is 7.29. The molecule has 2 saturated heterocycles. The van der Waals surface area contributed by atoms with Gasteiger partial charge in [-0.1, -0.05) is 54.6 Å². The van der Waals surface area contributed by atoms with Crippen LogP contribution >= 0.6 is 0 Å². The number of rotatable bonds is 7. The van der Waals surface area contributed by atoms with Crippen LogP contribution < -0.4 is 9.80 Å². The first-order chi connectivity index (χ1) is 16.7. The van der Waals surface area contributed by atoms with Gasteiger partial charge in [0, 0.05) is 44.0 Å². The van der Waals surface area contributed by atoms with Crippen LogP contribution in [0.15, 0.2) is 78.9 Å². The molecule has 2 heterocycles. The van der Waals surface area contributed by atoms with Gasteiger partial charge in [-0.05, 0) is 73.7 Å². The molecule has 0 saturated carbocycles. The van der Waals surface area contributed by atoms with E-state index in [9.17, 15) is 4.79 Å². The van der Waals surface area contributed by atoms with Gasteiger partial charge < -0.3 is 9.80 Å². The van der Waals surface area contributed by atoms with Crippen molar-refractivity contribution in [2.45, 2.75) is 38.6 Å². The number of hydrogen-bond donors (Lipinski definition) is 0. The van der Waals surface area contributed by atoms with Crippen molar-refractivity contribution in [2.75, 3.05) is 42.5 Å². The number of carbonyl (C=O) groups is 1. The van der Waals surface area contributed by atoms with Crippen LogP contribution in [-0.4, -0.2) is 43.5 Å². The zero-order valence-corrected chi connectivity index (χ0v) is 20.2. The Labute approximate surface area is 203 Å². The highest BCUT2D eigenvalue weighted by atomic mass is 16.2. The Morgan fingerprint density at radius 1 is 0.824 bits per heavy atom. The van der Waals surface area contributed by atoms with Gasteiger partial charge in [-0.3, -0.25) is 9.69 Å². The maximum Gasteiger partial charge on any atom is 0.227 e. The Balaban J connectivity index is 1.11. The fourth-order valence-corrected chi connectivity index (χ4v) is 5.38. The van der Waals surface area contributed by atoms with Crippen molar-refractivity contribution in [1.29, 1.82) is 0 Å². The summed E-state index contributed by atoms with van der Waals surface area (Å²) in [6.07, 6.45) is 3.80. The second-order valence-electron chi connectivity index (χ2n) is 9.67. The van der Waals surface area contributed by atoms with Crippen molar-refractivity contribution in [3.63, 3.8) is 0 Å². The van der Waals surface area contributed by atoms with Crippen LogP contribution in [0.1, 0.15) is 42.0 Å². The molecule has 0 aromatic heterocycles. The van der Waals surface area contributed by atoms with Gasteiger partial charge in [0.05, 0.1) is 6.04 Å². The number of carbonyl (C=O) groups excluding carboxylic acids is 1. The standard InChI is InChI=1S/C30H35N3O/c1-24-7-5-11-28(23-24)32-21-19-31(20-22-32)18-6-8-25-12-14-26(15-13-25)29-16-17-30(34)33(29)27-9-3-2-4-10-27/h2-5,7,9-15,23,29H,6,8,16-22H2,1H3. The Kier molecular flexibility index (Phi) is 6.96. The van der Waals surface area contributed by atoms with Gasteiger partial charge in [-0.25, -0.2) is 0 Å². The molecule has 0 radical (unpaired) electrons. The summed E-state index contributed by atoms with van der Waals surface area (Å²) < 4.78 is 0. The van der Waals surface area contributed by atoms with E-state index < -0.39 is 0 Å². The van der Waals surface area contributed by atoms with Crippen LogP contribution in [0.4, 0.5) is 11.4 Å². The largest absolute Gasteiger partial charge is 0.369 e. The SMILES string of the molecule is Cc1cccc(N2CCN(CCCc3ccc(C4CCC(=O)N4c4ccccc4)cc3)CC2)c1. The first-order valence-electron chi connectivity index (χ1n) is 12.7. The fourth-order valence-electron chi connectivity index (χ4n) is 5.38. The Morgan fingerprint density at radius 2 is 1.56 bits per heavy atom. The summed E-state index contributed by atoms with van der Waals surface area (Å²) >= 11 is 0. The summed E-state index contributed by atoms with van der Waals surface area (Å²) in [5.41, 5.74) is 6.32. The van der Waals surface area contributed by atoms with Gasteiger partial charge in [0.1, 0.15) is 0 Å². The number of nitrogens with zero attached hydrogens (tertiary/aromatic N) is 3. The molecule has 1 atom stereocenters. The minimum atomic E-state index is 0.147. The molecule has 0 bridgehead atoms. The average molecular weight is 454 g/mol. The molecule has 2 aliphatic heterocycles. The predicted octanol–water partition coefficient (Wildman–Crippen LogP) is 5.62. The third kappa shape index (κ3) is 5.18. The van der Waals surface area contributed by atoms with Crippen LogP contribution in [0.3, 0.4) is 0 Å². The van der Waals surface area contributed by atoms with E-state index in [1.165, 1.54) is 28.8 Å². The molecule has 1 unspecified atom stereocenters. The van der Waals surface area contributed by atoms with Crippen molar-refractivity contribution < 1.29 is 4.79 Å². The van der Waals surface area contributed by atoms with Gasteiger partial charge in [-0.2, -0.15) is 0 Å². The molecule has 3 aromatic rings. The smallest absolute Gasteiger partial charge is 0.227 e. The minimum absolute atomic E-state index is 0.147. The summed E-state index contributed by atoms with van der Waals surface area (Å²) in [4.78, 5) is 19.6. The predicted molar refractivity (Wildman–Crippen MR) is 140 cm³/mol. The third-order valence-electron chi connectivity index (χ3n) is 7.29. The van der Waals surface area contributed by atoms with Crippen LogP contribution in [-0.2, 0) is 11.2 Å². The monoisotopic (exact) mass is 453 g/mol.